The monoisotopic (exact) mass is 602 g/mol. The molecule has 12 heteroatoms. The lowest BCUT2D eigenvalue weighted by Gasteiger charge is -2.36. The Bertz CT molecular complexity index is 1280. The normalized spacial score (nSPS) is 18.6. The average molecular weight is 603 g/mol. The van der Waals surface area contributed by atoms with E-state index in [0.717, 1.165) is 16.1 Å². The number of amides is 3. The number of β-amino-alcohol motifs (C(OH)–C–C–N with tert-alkyl or cyclic N) is 1. The van der Waals surface area contributed by atoms with Crippen LogP contribution >= 0.6 is 11.3 Å². The number of ether oxygens (including phenoxy) is 2. The summed E-state index contributed by atoms with van der Waals surface area (Å²) in [6, 6.07) is 4.67. The van der Waals surface area contributed by atoms with Gasteiger partial charge in [-0.25, -0.2) is 9.78 Å². The van der Waals surface area contributed by atoms with E-state index >= 15 is 0 Å². The van der Waals surface area contributed by atoms with Gasteiger partial charge >= 0.3 is 12.1 Å². The summed E-state index contributed by atoms with van der Waals surface area (Å²) in [7, 11) is 1.27. The molecule has 0 unspecified atom stereocenters. The second-order valence-electron chi connectivity index (χ2n) is 12.6. The van der Waals surface area contributed by atoms with E-state index < -0.39 is 59.1 Å². The standard InChI is InChI=1S/C30H42N4O7S/c1-17-24(42-16-31-17)19-11-9-18(10-12-19)21(14-23(36)40-8)32-26(37)22-13-20(35)15-34(22)27(38)25(29(2,3)4)33-28(39)41-30(5,6)7/h9-12,16,20-22,25,35H,13-15H2,1-8H3,(H,32,37)(H,33,39)/t20-,21+,22+,25+/m1/s1. The molecule has 4 atom stereocenters. The second kappa shape index (κ2) is 13.2. The number of hydrogen-bond donors (Lipinski definition) is 3. The van der Waals surface area contributed by atoms with E-state index in [9.17, 15) is 24.3 Å². The number of methoxy groups -OCH3 is 1. The van der Waals surface area contributed by atoms with Crippen LogP contribution in [0.1, 0.15) is 71.7 Å². The second-order valence-corrected chi connectivity index (χ2v) is 13.4. The lowest BCUT2D eigenvalue weighted by molar-refractivity contribution is -0.144. The number of thiazole rings is 1. The summed E-state index contributed by atoms with van der Waals surface area (Å²) in [6.07, 6.45) is -1.82. The highest BCUT2D eigenvalue weighted by Crippen LogP contribution is 2.30. The largest absolute Gasteiger partial charge is 0.469 e. The van der Waals surface area contributed by atoms with Crippen LogP contribution in [-0.2, 0) is 23.9 Å². The Hall–Kier alpha value is -3.51. The van der Waals surface area contributed by atoms with E-state index in [-0.39, 0.29) is 19.4 Å². The van der Waals surface area contributed by atoms with Crippen LogP contribution in [0.5, 0.6) is 0 Å². The number of alkyl carbamates (subject to hydrolysis) is 1. The minimum atomic E-state index is -1.03. The first kappa shape index (κ1) is 33.0. The maximum atomic E-state index is 13.8. The van der Waals surface area contributed by atoms with Gasteiger partial charge < -0.3 is 30.1 Å². The maximum Gasteiger partial charge on any atom is 0.408 e. The van der Waals surface area contributed by atoms with E-state index in [1.807, 2.05) is 31.2 Å². The zero-order chi connectivity index (χ0) is 31.4. The van der Waals surface area contributed by atoms with Gasteiger partial charge in [0.1, 0.15) is 17.7 Å². The minimum absolute atomic E-state index is 0.00934. The first-order valence-corrected chi connectivity index (χ1v) is 14.7. The number of carbonyl (C=O) groups excluding carboxylic acids is 4. The summed E-state index contributed by atoms with van der Waals surface area (Å²) < 4.78 is 10.2. The Balaban J connectivity index is 1.84. The van der Waals surface area contributed by atoms with Gasteiger partial charge in [-0.05, 0) is 44.2 Å². The third kappa shape index (κ3) is 8.51. The summed E-state index contributed by atoms with van der Waals surface area (Å²) in [5.41, 5.74) is 2.82. The van der Waals surface area contributed by atoms with Crippen molar-refractivity contribution in [1.29, 1.82) is 0 Å². The van der Waals surface area contributed by atoms with Crippen molar-refractivity contribution in [2.75, 3.05) is 13.7 Å². The Morgan fingerprint density at radius 1 is 1.10 bits per heavy atom. The van der Waals surface area contributed by atoms with E-state index in [1.165, 1.54) is 23.3 Å². The number of aliphatic hydroxyl groups is 1. The molecule has 11 nitrogen and oxygen atoms in total. The Morgan fingerprint density at radius 3 is 2.26 bits per heavy atom. The van der Waals surface area contributed by atoms with Gasteiger partial charge in [0.05, 0.1) is 41.8 Å². The molecule has 1 aromatic heterocycles. The van der Waals surface area contributed by atoms with Crippen LogP contribution in [0.2, 0.25) is 0 Å². The number of hydrogen-bond acceptors (Lipinski definition) is 9. The van der Waals surface area contributed by atoms with Gasteiger partial charge in [-0.15, -0.1) is 11.3 Å². The zero-order valence-corrected chi connectivity index (χ0v) is 26.3. The lowest BCUT2D eigenvalue weighted by atomic mass is 9.85. The topological polar surface area (TPSA) is 147 Å². The highest BCUT2D eigenvalue weighted by Gasteiger charge is 2.45. The van der Waals surface area contributed by atoms with Crippen LogP contribution in [0.25, 0.3) is 10.4 Å². The van der Waals surface area contributed by atoms with Crippen LogP contribution in [-0.4, -0.2) is 76.3 Å². The fraction of sp³-hybridized carbons (Fsp3) is 0.567. The predicted molar refractivity (Wildman–Crippen MR) is 159 cm³/mol. The summed E-state index contributed by atoms with van der Waals surface area (Å²) in [4.78, 5) is 58.9. The molecule has 2 heterocycles. The molecule has 2 aromatic rings. The van der Waals surface area contributed by atoms with Crippen LogP contribution in [0.15, 0.2) is 29.8 Å². The smallest absolute Gasteiger partial charge is 0.408 e. The molecular formula is C30H42N4O7S. The van der Waals surface area contributed by atoms with Gasteiger partial charge in [0.2, 0.25) is 11.8 Å². The lowest BCUT2D eigenvalue weighted by Crippen LogP contribution is -2.58. The molecule has 1 aliphatic heterocycles. The van der Waals surface area contributed by atoms with Gasteiger partial charge in [0.25, 0.3) is 0 Å². The van der Waals surface area contributed by atoms with E-state index in [4.69, 9.17) is 9.47 Å². The van der Waals surface area contributed by atoms with Crippen molar-refractivity contribution in [2.45, 2.75) is 91.1 Å². The minimum Gasteiger partial charge on any atom is -0.469 e. The number of nitrogens with zero attached hydrogens (tertiary/aromatic N) is 2. The maximum absolute atomic E-state index is 13.8. The molecule has 3 rings (SSSR count). The van der Waals surface area contributed by atoms with E-state index in [0.29, 0.717) is 5.56 Å². The molecule has 1 saturated heterocycles. The number of nitrogens with one attached hydrogen (secondary N) is 2. The number of aryl methyl sites for hydroxylation is 1. The molecule has 42 heavy (non-hydrogen) atoms. The quantitative estimate of drug-likeness (QED) is 0.387. The number of benzene rings is 1. The molecule has 1 fully saturated rings. The third-order valence-electron chi connectivity index (χ3n) is 6.87. The van der Waals surface area contributed by atoms with Crippen molar-refractivity contribution < 1.29 is 33.8 Å². The number of aliphatic hydroxyl groups excluding tert-OH is 1. The molecule has 0 saturated carbocycles. The molecule has 0 aliphatic carbocycles. The van der Waals surface area contributed by atoms with Crippen LogP contribution < -0.4 is 10.6 Å². The van der Waals surface area contributed by atoms with E-state index in [1.54, 1.807) is 47.1 Å². The average Bonchev–Trinajstić information content (AvgIpc) is 3.50. The fourth-order valence-electron chi connectivity index (χ4n) is 4.76. The van der Waals surface area contributed by atoms with Crippen LogP contribution in [0, 0.1) is 12.3 Å². The number of likely N-dealkylation sites (tertiary alicyclic amines) is 1. The molecule has 3 N–H and O–H groups in total. The van der Waals surface area contributed by atoms with Crippen molar-refractivity contribution >= 4 is 35.2 Å². The summed E-state index contributed by atoms with van der Waals surface area (Å²) in [5.74, 6) is -1.56. The number of esters is 1. The van der Waals surface area contributed by atoms with Crippen LogP contribution in [0.3, 0.4) is 0 Å². The molecule has 0 radical (unpaired) electrons. The molecular weight excluding hydrogens is 560 g/mol. The van der Waals surface area contributed by atoms with Gasteiger partial charge in [-0.3, -0.25) is 14.4 Å². The molecule has 230 valence electrons. The predicted octanol–water partition coefficient (Wildman–Crippen LogP) is 3.74. The highest BCUT2D eigenvalue weighted by molar-refractivity contribution is 7.13. The Kier molecular flexibility index (Phi) is 10.4. The van der Waals surface area contributed by atoms with Crippen molar-refractivity contribution in [1.82, 2.24) is 20.5 Å². The number of rotatable bonds is 8. The highest BCUT2D eigenvalue weighted by atomic mass is 32.1. The van der Waals surface area contributed by atoms with Crippen molar-refractivity contribution in [2.24, 2.45) is 5.41 Å². The van der Waals surface area contributed by atoms with Gasteiger partial charge in [-0.2, -0.15) is 0 Å². The van der Waals surface area contributed by atoms with Gasteiger partial charge in [-0.1, -0.05) is 45.0 Å². The number of aromatic nitrogens is 1. The summed E-state index contributed by atoms with van der Waals surface area (Å²) in [6.45, 7) is 12.4. The molecule has 0 bridgehead atoms. The van der Waals surface area contributed by atoms with Crippen molar-refractivity contribution in [3.63, 3.8) is 0 Å². The Labute approximate surface area is 251 Å². The van der Waals surface area contributed by atoms with Crippen molar-refractivity contribution in [3.8, 4) is 10.4 Å². The third-order valence-corrected chi connectivity index (χ3v) is 7.85. The van der Waals surface area contributed by atoms with Crippen LogP contribution in [0.4, 0.5) is 4.79 Å². The Morgan fingerprint density at radius 2 is 1.74 bits per heavy atom. The SMILES string of the molecule is COC(=O)C[C@H](NC(=O)[C@@H]1C[C@@H](O)CN1C(=O)[C@H](NC(=O)OC(C)(C)C)C(C)(C)C)c1ccc(-c2scnc2C)cc1. The molecule has 0 spiro atoms. The van der Waals surface area contributed by atoms with Crippen molar-refractivity contribution in [3.05, 3.63) is 41.0 Å². The van der Waals surface area contributed by atoms with Gasteiger partial charge in [0.15, 0.2) is 0 Å². The first-order valence-electron chi connectivity index (χ1n) is 13.9. The van der Waals surface area contributed by atoms with E-state index in [2.05, 4.69) is 15.6 Å². The fourth-order valence-corrected chi connectivity index (χ4v) is 5.57. The molecule has 3 amide bonds. The van der Waals surface area contributed by atoms with Gasteiger partial charge in [0, 0.05) is 13.0 Å². The number of carbonyl (C=O) groups is 4. The molecule has 1 aliphatic rings. The zero-order valence-electron chi connectivity index (χ0n) is 25.5. The summed E-state index contributed by atoms with van der Waals surface area (Å²) >= 11 is 1.52. The first-order chi connectivity index (χ1) is 19.5. The summed E-state index contributed by atoms with van der Waals surface area (Å²) in [5, 5.41) is 16.1. The molecule has 1 aromatic carbocycles.